The van der Waals surface area contributed by atoms with E-state index in [2.05, 4.69) is 0 Å². The molecule has 1 unspecified atom stereocenters. The van der Waals surface area contributed by atoms with Gasteiger partial charge in [0.05, 0.1) is 6.10 Å². The summed E-state index contributed by atoms with van der Waals surface area (Å²) in [6.45, 7) is 1.77. The Hall–Kier alpha value is -1.07. The molecule has 0 aromatic heterocycles. The molecule has 2 rings (SSSR count). The minimum Gasteiger partial charge on any atom is -0.423 e. The van der Waals surface area contributed by atoms with Gasteiger partial charge in [0.2, 0.25) is 0 Å². The number of nitrogens with two attached hydrogens (primary N) is 1. The van der Waals surface area contributed by atoms with E-state index < -0.39 is 12.9 Å². The summed E-state index contributed by atoms with van der Waals surface area (Å²) in [5.74, 6) is -0.451. The van der Waals surface area contributed by atoms with Crippen LogP contribution >= 0.6 is 0 Å². The highest BCUT2D eigenvalue weighted by Crippen LogP contribution is 2.28. The van der Waals surface area contributed by atoms with Gasteiger partial charge in [0.1, 0.15) is 5.82 Å². The predicted molar refractivity (Wildman–Crippen MR) is 47.9 cm³/mol. The molecule has 3 N–H and O–H groups in total. The zero-order valence-corrected chi connectivity index (χ0v) is 7.12. The molecule has 1 aliphatic rings. The van der Waals surface area contributed by atoms with Crippen molar-refractivity contribution in [3.63, 3.8) is 0 Å². The lowest BCUT2D eigenvalue weighted by atomic mass is 9.79. The minimum absolute atomic E-state index is 0.273. The lowest BCUT2D eigenvalue weighted by Crippen LogP contribution is -2.28. The van der Waals surface area contributed by atoms with Gasteiger partial charge in [0.15, 0.2) is 0 Å². The van der Waals surface area contributed by atoms with Crippen LogP contribution in [0.25, 0.3) is 0 Å². The third-order valence-corrected chi connectivity index (χ3v) is 2.21. The second-order valence-electron chi connectivity index (χ2n) is 3.13. The van der Waals surface area contributed by atoms with Gasteiger partial charge < -0.3 is 15.4 Å². The highest BCUT2D eigenvalue weighted by molar-refractivity contribution is 6.62. The van der Waals surface area contributed by atoms with Gasteiger partial charge in [-0.3, -0.25) is 0 Å². The molecule has 0 fully saturated rings. The molecular weight excluding hydrogens is 172 g/mol. The normalized spacial score (nSPS) is 20.5. The fourth-order valence-electron chi connectivity index (χ4n) is 1.67. The van der Waals surface area contributed by atoms with Crippen molar-refractivity contribution in [2.24, 2.45) is 0 Å². The number of nitrogen functional groups attached to an aromatic ring is 1. The average molecular weight is 181 g/mol. The number of hydrogen-bond acceptors (Lipinski definition) is 3. The van der Waals surface area contributed by atoms with Crippen LogP contribution in [0.4, 0.5) is 10.1 Å². The van der Waals surface area contributed by atoms with E-state index in [4.69, 9.17) is 10.4 Å². The highest BCUT2D eigenvalue weighted by atomic mass is 19.1. The standard InChI is InChI=1S/C8H9BFNO2/c1-4-8-6(9(12)13-4)2-5(10)3-7(8)11/h2-4,12H,11H2,1H3. The van der Waals surface area contributed by atoms with E-state index in [9.17, 15) is 9.41 Å². The van der Waals surface area contributed by atoms with Gasteiger partial charge in [-0.2, -0.15) is 0 Å². The largest absolute Gasteiger partial charge is 0.492 e. The molecule has 3 nitrogen and oxygen atoms in total. The van der Waals surface area contributed by atoms with Crippen molar-refractivity contribution < 1.29 is 14.1 Å². The maximum atomic E-state index is 12.9. The summed E-state index contributed by atoms with van der Waals surface area (Å²) in [4.78, 5) is 0. The second-order valence-corrected chi connectivity index (χ2v) is 3.13. The van der Waals surface area contributed by atoms with Crippen molar-refractivity contribution in [3.8, 4) is 0 Å². The fraction of sp³-hybridized carbons (Fsp3) is 0.250. The molecule has 13 heavy (non-hydrogen) atoms. The van der Waals surface area contributed by atoms with Crippen molar-refractivity contribution >= 4 is 18.3 Å². The summed E-state index contributed by atoms with van der Waals surface area (Å²) in [5, 5.41) is 9.36. The van der Waals surface area contributed by atoms with Gasteiger partial charge in [-0.1, -0.05) is 0 Å². The predicted octanol–water partition coefficient (Wildman–Crippen LogP) is 0.187. The summed E-state index contributed by atoms with van der Waals surface area (Å²) in [6, 6.07) is 2.48. The van der Waals surface area contributed by atoms with Gasteiger partial charge >= 0.3 is 7.12 Å². The summed E-state index contributed by atoms with van der Waals surface area (Å²) in [7, 11) is -1.05. The molecule has 5 heteroatoms. The number of benzene rings is 1. The molecule has 0 saturated heterocycles. The van der Waals surface area contributed by atoms with Crippen LogP contribution in [0.2, 0.25) is 0 Å². The molecule has 1 aliphatic heterocycles. The monoisotopic (exact) mass is 181 g/mol. The lowest BCUT2D eigenvalue weighted by molar-refractivity contribution is 0.209. The van der Waals surface area contributed by atoms with Crippen molar-refractivity contribution in [2.45, 2.75) is 13.0 Å². The molecule has 1 aromatic carbocycles. The SMILES string of the molecule is CC1OB(O)c2cc(F)cc(N)c21. The van der Waals surface area contributed by atoms with Crippen LogP contribution in [0.1, 0.15) is 18.6 Å². The van der Waals surface area contributed by atoms with E-state index in [1.165, 1.54) is 12.1 Å². The molecule has 1 aromatic rings. The Balaban J connectivity index is 2.63. The first-order valence-electron chi connectivity index (χ1n) is 4.02. The van der Waals surface area contributed by atoms with E-state index in [0.717, 1.165) is 0 Å². The van der Waals surface area contributed by atoms with Crippen molar-refractivity contribution in [1.29, 1.82) is 0 Å². The van der Waals surface area contributed by atoms with E-state index in [-0.39, 0.29) is 6.10 Å². The summed E-state index contributed by atoms with van der Waals surface area (Å²) in [6.07, 6.45) is -0.273. The first-order chi connectivity index (χ1) is 6.09. The Kier molecular flexibility index (Phi) is 1.78. The molecule has 0 spiro atoms. The Labute approximate surface area is 75.5 Å². The maximum Gasteiger partial charge on any atom is 0.492 e. The lowest BCUT2D eigenvalue weighted by Gasteiger charge is -2.07. The zero-order chi connectivity index (χ0) is 9.59. The molecule has 0 saturated carbocycles. The maximum absolute atomic E-state index is 12.9. The van der Waals surface area contributed by atoms with Crippen LogP contribution in [-0.4, -0.2) is 12.1 Å². The number of halogens is 1. The first-order valence-corrected chi connectivity index (χ1v) is 4.02. The van der Waals surface area contributed by atoms with Crippen LogP contribution < -0.4 is 11.2 Å². The Morgan fingerprint density at radius 1 is 1.62 bits per heavy atom. The molecule has 68 valence electrons. The van der Waals surface area contributed by atoms with E-state index >= 15 is 0 Å². The van der Waals surface area contributed by atoms with Crippen molar-refractivity contribution in [2.75, 3.05) is 5.73 Å². The fourth-order valence-corrected chi connectivity index (χ4v) is 1.67. The van der Waals surface area contributed by atoms with Gasteiger partial charge in [0, 0.05) is 11.3 Å². The van der Waals surface area contributed by atoms with Gasteiger partial charge in [-0.25, -0.2) is 4.39 Å². The van der Waals surface area contributed by atoms with Crippen LogP contribution in [0, 0.1) is 5.82 Å². The smallest absolute Gasteiger partial charge is 0.423 e. The van der Waals surface area contributed by atoms with Crippen LogP contribution in [-0.2, 0) is 4.65 Å². The number of fused-ring (bicyclic) bond motifs is 1. The molecule has 0 amide bonds. The molecule has 0 radical (unpaired) electrons. The van der Waals surface area contributed by atoms with Crippen LogP contribution in [0.15, 0.2) is 12.1 Å². The average Bonchev–Trinajstić information content (AvgIpc) is 2.27. The van der Waals surface area contributed by atoms with Crippen LogP contribution in [0.3, 0.4) is 0 Å². The summed E-state index contributed by atoms with van der Waals surface area (Å²) >= 11 is 0. The minimum atomic E-state index is -1.05. The van der Waals surface area contributed by atoms with Gasteiger partial charge in [0.25, 0.3) is 0 Å². The zero-order valence-electron chi connectivity index (χ0n) is 7.12. The molecule has 0 bridgehead atoms. The third kappa shape index (κ3) is 1.20. The molecule has 1 atom stereocenters. The van der Waals surface area contributed by atoms with E-state index in [0.29, 0.717) is 16.7 Å². The van der Waals surface area contributed by atoms with Gasteiger partial charge in [-0.05, 0) is 24.5 Å². The number of rotatable bonds is 0. The Morgan fingerprint density at radius 3 is 3.00 bits per heavy atom. The quantitative estimate of drug-likeness (QED) is 0.443. The first kappa shape index (κ1) is 8.53. The topological polar surface area (TPSA) is 55.5 Å². The third-order valence-electron chi connectivity index (χ3n) is 2.21. The van der Waals surface area contributed by atoms with Gasteiger partial charge in [-0.15, -0.1) is 0 Å². The molecular formula is C8H9BFNO2. The number of anilines is 1. The summed E-state index contributed by atoms with van der Waals surface area (Å²) in [5.41, 5.74) is 7.05. The molecule has 1 heterocycles. The Morgan fingerprint density at radius 2 is 2.31 bits per heavy atom. The molecule has 0 aliphatic carbocycles. The van der Waals surface area contributed by atoms with E-state index in [1.807, 2.05) is 0 Å². The highest BCUT2D eigenvalue weighted by Gasteiger charge is 2.34. The number of hydrogen-bond donors (Lipinski definition) is 2. The van der Waals surface area contributed by atoms with Crippen molar-refractivity contribution in [3.05, 3.63) is 23.5 Å². The van der Waals surface area contributed by atoms with Crippen molar-refractivity contribution in [1.82, 2.24) is 0 Å². The summed E-state index contributed by atoms with van der Waals surface area (Å²) < 4.78 is 18.0. The Bertz CT molecular complexity index is 358. The van der Waals surface area contributed by atoms with Crippen LogP contribution in [0.5, 0.6) is 0 Å². The van der Waals surface area contributed by atoms with E-state index in [1.54, 1.807) is 6.92 Å². The second kappa shape index (κ2) is 2.72.